The molecule has 1 aromatic rings. The molecule has 0 aliphatic rings. The molecule has 0 spiro atoms. The molecule has 1 rings (SSSR count). The Balaban J connectivity index is 2.58. The molecule has 0 aliphatic carbocycles. The number of aromatic amines is 1. The van der Waals surface area contributed by atoms with Gasteiger partial charge in [0.2, 0.25) is 0 Å². The highest BCUT2D eigenvalue weighted by atomic mass is 32.2. The van der Waals surface area contributed by atoms with E-state index in [9.17, 15) is 4.79 Å². The molecule has 2 N–H and O–H groups in total. The fraction of sp³-hybridized carbons (Fsp3) is 0.600. The Morgan fingerprint density at radius 1 is 1.60 bits per heavy atom. The van der Waals surface area contributed by atoms with E-state index in [-0.39, 0.29) is 5.56 Å². The molecule has 0 amide bonds. The zero-order chi connectivity index (χ0) is 11.3. The van der Waals surface area contributed by atoms with E-state index in [0.717, 1.165) is 6.54 Å². The predicted molar refractivity (Wildman–Crippen MR) is 63.3 cm³/mol. The van der Waals surface area contributed by atoms with Crippen LogP contribution in [0, 0.1) is 0 Å². The van der Waals surface area contributed by atoms with Gasteiger partial charge in [-0.3, -0.25) is 4.79 Å². The number of thioether (sulfide) groups is 1. The second kappa shape index (κ2) is 5.92. The van der Waals surface area contributed by atoms with Crippen molar-refractivity contribution in [3.8, 4) is 0 Å². The van der Waals surface area contributed by atoms with Crippen molar-refractivity contribution in [2.45, 2.75) is 37.2 Å². The second-order valence-electron chi connectivity index (χ2n) is 3.41. The standard InChI is InChI=1S/C10H17N3OS/c1-4-11-7(2)8(3)15-10-12-6-5-9(14)13-10/h5-8,11H,4H2,1-3H3,(H,12,13,14). The Labute approximate surface area is 93.9 Å². The Morgan fingerprint density at radius 2 is 2.33 bits per heavy atom. The van der Waals surface area contributed by atoms with E-state index in [0.29, 0.717) is 16.4 Å². The summed E-state index contributed by atoms with van der Waals surface area (Å²) in [6, 6.07) is 1.81. The highest BCUT2D eigenvalue weighted by Gasteiger charge is 2.13. The third kappa shape index (κ3) is 4.05. The lowest BCUT2D eigenvalue weighted by Crippen LogP contribution is -2.33. The van der Waals surface area contributed by atoms with Crippen LogP contribution in [0.15, 0.2) is 22.2 Å². The first-order valence-corrected chi connectivity index (χ1v) is 5.96. The highest BCUT2D eigenvalue weighted by molar-refractivity contribution is 7.99. The number of nitrogens with zero attached hydrogens (tertiary/aromatic N) is 1. The van der Waals surface area contributed by atoms with Crippen molar-refractivity contribution in [1.82, 2.24) is 15.3 Å². The molecule has 0 aromatic carbocycles. The van der Waals surface area contributed by atoms with Crippen LogP contribution in [0.3, 0.4) is 0 Å². The minimum absolute atomic E-state index is 0.101. The molecule has 15 heavy (non-hydrogen) atoms. The zero-order valence-electron chi connectivity index (χ0n) is 9.28. The summed E-state index contributed by atoms with van der Waals surface area (Å²) in [5, 5.41) is 4.39. The molecule has 0 bridgehead atoms. The van der Waals surface area contributed by atoms with E-state index < -0.39 is 0 Å². The minimum atomic E-state index is -0.101. The highest BCUT2D eigenvalue weighted by Crippen LogP contribution is 2.20. The van der Waals surface area contributed by atoms with Crippen molar-refractivity contribution in [3.63, 3.8) is 0 Å². The first-order chi connectivity index (χ1) is 7.13. The topological polar surface area (TPSA) is 57.8 Å². The van der Waals surface area contributed by atoms with Gasteiger partial charge in [-0.1, -0.05) is 25.6 Å². The van der Waals surface area contributed by atoms with Gasteiger partial charge < -0.3 is 10.3 Å². The summed E-state index contributed by atoms with van der Waals surface area (Å²) in [4.78, 5) is 17.8. The molecule has 0 radical (unpaired) electrons. The third-order valence-corrected chi connectivity index (χ3v) is 3.39. The lowest BCUT2D eigenvalue weighted by molar-refractivity contribution is 0.562. The van der Waals surface area contributed by atoms with Crippen LogP contribution in [0.25, 0.3) is 0 Å². The fourth-order valence-electron chi connectivity index (χ4n) is 1.18. The minimum Gasteiger partial charge on any atom is -0.313 e. The number of hydrogen-bond acceptors (Lipinski definition) is 4. The summed E-state index contributed by atoms with van der Waals surface area (Å²) in [5.41, 5.74) is -0.101. The first kappa shape index (κ1) is 12.3. The summed E-state index contributed by atoms with van der Waals surface area (Å²) in [7, 11) is 0. The predicted octanol–water partition coefficient (Wildman–Crippen LogP) is 1.25. The molecule has 0 fully saturated rings. The lowest BCUT2D eigenvalue weighted by atomic mass is 10.2. The zero-order valence-corrected chi connectivity index (χ0v) is 10.1. The van der Waals surface area contributed by atoms with Crippen molar-refractivity contribution in [2.75, 3.05) is 6.54 Å². The Kier molecular flexibility index (Phi) is 4.84. The Bertz CT molecular complexity index is 353. The molecule has 2 atom stereocenters. The van der Waals surface area contributed by atoms with E-state index in [4.69, 9.17) is 0 Å². The van der Waals surface area contributed by atoms with Gasteiger partial charge in [0.25, 0.3) is 5.56 Å². The van der Waals surface area contributed by atoms with Crippen LogP contribution in [0.2, 0.25) is 0 Å². The summed E-state index contributed by atoms with van der Waals surface area (Å²) in [6.07, 6.45) is 1.53. The van der Waals surface area contributed by atoms with E-state index in [1.807, 2.05) is 0 Å². The van der Waals surface area contributed by atoms with Gasteiger partial charge in [-0.25, -0.2) is 4.98 Å². The Hall–Kier alpha value is -0.810. The third-order valence-electron chi connectivity index (χ3n) is 2.18. The molecule has 0 saturated carbocycles. The van der Waals surface area contributed by atoms with Gasteiger partial charge in [-0.05, 0) is 13.5 Å². The quantitative estimate of drug-likeness (QED) is 0.587. The summed E-state index contributed by atoms with van der Waals surface area (Å²) in [5.74, 6) is 0. The number of nitrogens with one attached hydrogen (secondary N) is 2. The second-order valence-corrected chi connectivity index (χ2v) is 4.77. The monoisotopic (exact) mass is 227 g/mol. The van der Waals surface area contributed by atoms with Gasteiger partial charge in [0.15, 0.2) is 5.16 Å². The van der Waals surface area contributed by atoms with Gasteiger partial charge in [0, 0.05) is 23.6 Å². The Morgan fingerprint density at radius 3 is 2.93 bits per heavy atom. The van der Waals surface area contributed by atoms with Crippen LogP contribution in [0.1, 0.15) is 20.8 Å². The van der Waals surface area contributed by atoms with E-state index in [1.165, 1.54) is 12.3 Å². The maximum absolute atomic E-state index is 11.0. The normalized spacial score (nSPS) is 14.9. The molecule has 1 heterocycles. The maximum Gasteiger partial charge on any atom is 0.251 e. The number of rotatable bonds is 5. The van der Waals surface area contributed by atoms with Crippen LogP contribution in [0.4, 0.5) is 0 Å². The van der Waals surface area contributed by atoms with Crippen LogP contribution >= 0.6 is 11.8 Å². The molecular weight excluding hydrogens is 210 g/mol. The first-order valence-electron chi connectivity index (χ1n) is 5.09. The van der Waals surface area contributed by atoms with Gasteiger partial charge in [-0.2, -0.15) is 0 Å². The SMILES string of the molecule is CCNC(C)C(C)Sc1nccc(=O)[nH]1. The van der Waals surface area contributed by atoms with Crippen molar-refractivity contribution >= 4 is 11.8 Å². The van der Waals surface area contributed by atoms with Crippen molar-refractivity contribution in [3.05, 3.63) is 22.6 Å². The van der Waals surface area contributed by atoms with Crippen LogP contribution in [-0.2, 0) is 0 Å². The van der Waals surface area contributed by atoms with E-state index >= 15 is 0 Å². The number of aromatic nitrogens is 2. The summed E-state index contributed by atoms with van der Waals surface area (Å²) < 4.78 is 0. The molecule has 1 aromatic heterocycles. The average molecular weight is 227 g/mol. The molecule has 0 saturated heterocycles. The van der Waals surface area contributed by atoms with Crippen molar-refractivity contribution in [2.24, 2.45) is 0 Å². The van der Waals surface area contributed by atoms with Crippen LogP contribution in [-0.4, -0.2) is 27.8 Å². The maximum atomic E-state index is 11.0. The van der Waals surface area contributed by atoms with Crippen molar-refractivity contribution < 1.29 is 0 Å². The molecule has 0 aliphatic heterocycles. The molecule has 2 unspecified atom stereocenters. The van der Waals surface area contributed by atoms with Gasteiger partial charge in [0.05, 0.1) is 0 Å². The summed E-state index contributed by atoms with van der Waals surface area (Å²) in [6.45, 7) is 7.27. The molecule has 84 valence electrons. The van der Waals surface area contributed by atoms with Gasteiger partial charge in [-0.15, -0.1) is 0 Å². The van der Waals surface area contributed by atoms with E-state index in [2.05, 4.69) is 36.1 Å². The van der Waals surface area contributed by atoms with Gasteiger partial charge in [0.1, 0.15) is 0 Å². The fourth-order valence-corrected chi connectivity index (χ4v) is 2.11. The average Bonchev–Trinajstić information content (AvgIpc) is 2.18. The van der Waals surface area contributed by atoms with Crippen LogP contribution < -0.4 is 10.9 Å². The molecule has 4 nitrogen and oxygen atoms in total. The van der Waals surface area contributed by atoms with Gasteiger partial charge >= 0.3 is 0 Å². The number of H-pyrrole nitrogens is 1. The van der Waals surface area contributed by atoms with Crippen LogP contribution in [0.5, 0.6) is 0 Å². The van der Waals surface area contributed by atoms with E-state index in [1.54, 1.807) is 11.8 Å². The largest absolute Gasteiger partial charge is 0.313 e. The van der Waals surface area contributed by atoms with Crippen molar-refractivity contribution in [1.29, 1.82) is 0 Å². The molecular formula is C10H17N3OS. The molecule has 5 heteroatoms. The summed E-state index contributed by atoms with van der Waals surface area (Å²) >= 11 is 1.58. The smallest absolute Gasteiger partial charge is 0.251 e. The number of hydrogen-bond donors (Lipinski definition) is 2. The lowest BCUT2D eigenvalue weighted by Gasteiger charge is -2.19.